The second-order valence-electron chi connectivity index (χ2n) is 6.03. The minimum atomic E-state index is -0.106. The molecule has 0 unspecified atom stereocenters. The number of thioether (sulfide) groups is 1. The zero-order chi connectivity index (χ0) is 19.9. The van der Waals surface area contributed by atoms with E-state index < -0.39 is 0 Å². The molecule has 6 nitrogen and oxygen atoms in total. The van der Waals surface area contributed by atoms with E-state index in [2.05, 4.69) is 15.6 Å². The molecule has 0 spiro atoms. The number of carbonyl (C=O) groups excluding carboxylic acids is 2. The van der Waals surface area contributed by atoms with Crippen LogP contribution in [0.2, 0.25) is 0 Å². The summed E-state index contributed by atoms with van der Waals surface area (Å²) < 4.78 is 6.95. The number of nitrogens with one attached hydrogen (secondary N) is 2. The van der Waals surface area contributed by atoms with Crippen LogP contribution in [0.3, 0.4) is 0 Å². The monoisotopic (exact) mass is 415 g/mol. The van der Waals surface area contributed by atoms with Gasteiger partial charge in [-0.15, -0.1) is 11.3 Å². The Kier molecular flexibility index (Phi) is 6.89. The standard InChI is InChI=1S/C20H21N3O3S2/c1-3-5-18(24)21-14-8-9-16-17(11-14)28-20(23-16)27-12-19(25)22-13-6-4-7-15(10-13)26-2/h4,6-11H,3,5,12H2,1-2H3,(H,21,24)(H,22,25). The Morgan fingerprint density at radius 1 is 1.11 bits per heavy atom. The van der Waals surface area contributed by atoms with Crippen molar-refractivity contribution in [1.29, 1.82) is 0 Å². The van der Waals surface area contributed by atoms with Crippen molar-refractivity contribution in [1.82, 2.24) is 4.98 Å². The summed E-state index contributed by atoms with van der Waals surface area (Å²) in [6.45, 7) is 1.97. The summed E-state index contributed by atoms with van der Waals surface area (Å²) in [6.07, 6.45) is 1.32. The number of rotatable bonds is 8. The number of anilines is 2. The second kappa shape index (κ2) is 9.57. The van der Waals surface area contributed by atoms with Crippen LogP contribution in [0.4, 0.5) is 11.4 Å². The predicted molar refractivity (Wildman–Crippen MR) is 116 cm³/mol. The molecule has 0 saturated carbocycles. The number of carbonyl (C=O) groups is 2. The third kappa shape index (κ3) is 5.46. The molecule has 0 atom stereocenters. The van der Waals surface area contributed by atoms with Crippen LogP contribution in [0.5, 0.6) is 5.75 Å². The summed E-state index contributed by atoms with van der Waals surface area (Å²) in [5.74, 6) is 0.857. The highest BCUT2D eigenvalue weighted by Crippen LogP contribution is 2.31. The molecule has 146 valence electrons. The fourth-order valence-electron chi connectivity index (χ4n) is 2.52. The maximum atomic E-state index is 12.2. The van der Waals surface area contributed by atoms with Crippen molar-refractivity contribution in [3.63, 3.8) is 0 Å². The number of hydrogen-bond donors (Lipinski definition) is 2. The number of ether oxygens (including phenoxy) is 1. The molecule has 3 rings (SSSR count). The first-order valence-corrected chi connectivity index (χ1v) is 10.6. The van der Waals surface area contributed by atoms with Gasteiger partial charge in [-0.05, 0) is 36.8 Å². The first-order chi connectivity index (χ1) is 13.6. The number of nitrogens with zero attached hydrogens (tertiary/aromatic N) is 1. The van der Waals surface area contributed by atoms with Gasteiger partial charge in [0.05, 0.1) is 23.1 Å². The van der Waals surface area contributed by atoms with Crippen LogP contribution in [0.15, 0.2) is 46.8 Å². The number of hydrogen-bond acceptors (Lipinski definition) is 6. The van der Waals surface area contributed by atoms with E-state index in [9.17, 15) is 9.59 Å². The van der Waals surface area contributed by atoms with Crippen molar-refractivity contribution < 1.29 is 14.3 Å². The summed E-state index contributed by atoms with van der Waals surface area (Å²) in [4.78, 5) is 28.5. The molecule has 2 amide bonds. The van der Waals surface area contributed by atoms with E-state index in [0.29, 0.717) is 17.9 Å². The normalized spacial score (nSPS) is 10.6. The highest BCUT2D eigenvalue weighted by atomic mass is 32.2. The second-order valence-corrected chi connectivity index (χ2v) is 8.28. The predicted octanol–water partition coefficient (Wildman–Crippen LogP) is 4.77. The first-order valence-electron chi connectivity index (χ1n) is 8.84. The Bertz CT molecular complexity index is 988. The molecule has 0 saturated heterocycles. The molecular weight excluding hydrogens is 394 g/mol. The zero-order valence-electron chi connectivity index (χ0n) is 15.7. The third-order valence-corrected chi connectivity index (χ3v) is 5.97. The van der Waals surface area contributed by atoms with Crippen molar-refractivity contribution >= 4 is 56.5 Å². The fraction of sp³-hybridized carbons (Fsp3) is 0.250. The lowest BCUT2D eigenvalue weighted by Gasteiger charge is -2.06. The summed E-state index contributed by atoms with van der Waals surface area (Å²) in [7, 11) is 1.59. The maximum Gasteiger partial charge on any atom is 0.234 e. The Morgan fingerprint density at radius 2 is 1.89 bits per heavy atom. The number of methoxy groups -OCH3 is 1. The number of benzene rings is 2. The average Bonchev–Trinajstić information content (AvgIpc) is 3.09. The van der Waals surface area contributed by atoms with Gasteiger partial charge in [0.1, 0.15) is 5.75 Å². The van der Waals surface area contributed by atoms with E-state index in [1.807, 2.05) is 43.3 Å². The molecule has 2 aromatic carbocycles. The van der Waals surface area contributed by atoms with Crippen LogP contribution < -0.4 is 15.4 Å². The Morgan fingerprint density at radius 3 is 2.68 bits per heavy atom. The van der Waals surface area contributed by atoms with E-state index in [-0.39, 0.29) is 17.6 Å². The average molecular weight is 416 g/mol. The molecule has 3 aromatic rings. The van der Waals surface area contributed by atoms with Gasteiger partial charge in [0.2, 0.25) is 11.8 Å². The van der Waals surface area contributed by atoms with E-state index >= 15 is 0 Å². The van der Waals surface area contributed by atoms with Gasteiger partial charge in [-0.25, -0.2) is 4.98 Å². The van der Waals surface area contributed by atoms with Crippen molar-refractivity contribution in [2.24, 2.45) is 0 Å². The SMILES string of the molecule is CCCC(=O)Nc1ccc2nc(SCC(=O)Nc3cccc(OC)c3)sc2c1. The summed E-state index contributed by atoms with van der Waals surface area (Å²) in [5.41, 5.74) is 2.32. The van der Waals surface area contributed by atoms with Crippen LogP contribution in [0.1, 0.15) is 19.8 Å². The van der Waals surface area contributed by atoms with Crippen molar-refractivity contribution in [3.8, 4) is 5.75 Å². The molecule has 0 aliphatic carbocycles. The van der Waals surface area contributed by atoms with Crippen LogP contribution in [0.25, 0.3) is 10.2 Å². The van der Waals surface area contributed by atoms with Gasteiger partial charge in [0, 0.05) is 23.9 Å². The number of fused-ring (bicyclic) bond motifs is 1. The third-order valence-electron chi connectivity index (χ3n) is 3.81. The van der Waals surface area contributed by atoms with Gasteiger partial charge in [-0.1, -0.05) is 24.8 Å². The highest BCUT2D eigenvalue weighted by molar-refractivity contribution is 8.01. The molecule has 0 radical (unpaired) electrons. The number of amides is 2. The van der Waals surface area contributed by atoms with Gasteiger partial charge >= 0.3 is 0 Å². The van der Waals surface area contributed by atoms with Gasteiger partial charge in [-0.2, -0.15) is 0 Å². The molecule has 0 bridgehead atoms. The molecule has 1 heterocycles. The van der Waals surface area contributed by atoms with Crippen LogP contribution in [-0.4, -0.2) is 29.7 Å². The van der Waals surface area contributed by atoms with Gasteiger partial charge < -0.3 is 15.4 Å². The van der Waals surface area contributed by atoms with Gasteiger partial charge in [-0.3, -0.25) is 9.59 Å². The van der Waals surface area contributed by atoms with Gasteiger partial charge in [0.15, 0.2) is 4.34 Å². The fourth-order valence-corrected chi connectivity index (χ4v) is 4.43. The molecule has 28 heavy (non-hydrogen) atoms. The summed E-state index contributed by atoms with van der Waals surface area (Å²) in [6, 6.07) is 12.9. The van der Waals surface area contributed by atoms with Crippen LogP contribution in [-0.2, 0) is 9.59 Å². The molecule has 8 heteroatoms. The summed E-state index contributed by atoms with van der Waals surface area (Å²) >= 11 is 2.89. The lowest BCUT2D eigenvalue weighted by Crippen LogP contribution is -2.13. The number of aromatic nitrogens is 1. The molecule has 0 aliphatic rings. The Balaban J connectivity index is 1.59. The lowest BCUT2D eigenvalue weighted by molar-refractivity contribution is -0.116. The molecule has 0 fully saturated rings. The smallest absolute Gasteiger partial charge is 0.234 e. The number of thiazole rings is 1. The van der Waals surface area contributed by atoms with E-state index in [4.69, 9.17) is 4.74 Å². The van der Waals surface area contributed by atoms with Crippen molar-refractivity contribution in [2.45, 2.75) is 24.1 Å². The Hall–Kier alpha value is -2.58. The first kappa shape index (κ1) is 20.2. The minimum absolute atomic E-state index is 0.00942. The van der Waals surface area contributed by atoms with Gasteiger partial charge in [0.25, 0.3) is 0 Å². The molecular formula is C20H21N3O3S2. The lowest BCUT2D eigenvalue weighted by atomic mass is 10.2. The molecule has 1 aromatic heterocycles. The maximum absolute atomic E-state index is 12.2. The van der Waals surface area contributed by atoms with E-state index in [1.54, 1.807) is 13.2 Å². The Labute approximate surface area is 171 Å². The zero-order valence-corrected chi connectivity index (χ0v) is 17.3. The van der Waals surface area contributed by atoms with Crippen LogP contribution >= 0.6 is 23.1 Å². The largest absolute Gasteiger partial charge is 0.497 e. The van der Waals surface area contributed by atoms with Crippen LogP contribution in [0, 0.1) is 0 Å². The molecule has 2 N–H and O–H groups in total. The summed E-state index contributed by atoms with van der Waals surface area (Å²) in [5, 5.41) is 5.74. The molecule has 0 aliphatic heterocycles. The van der Waals surface area contributed by atoms with E-state index in [1.165, 1.54) is 23.1 Å². The quantitative estimate of drug-likeness (QED) is 0.518. The topological polar surface area (TPSA) is 80.3 Å². The highest BCUT2D eigenvalue weighted by Gasteiger charge is 2.10. The van der Waals surface area contributed by atoms with Crippen molar-refractivity contribution in [2.75, 3.05) is 23.5 Å². The van der Waals surface area contributed by atoms with Crippen molar-refractivity contribution in [3.05, 3.63) is 42.5 Å². The minimum Gasteiger partial charge on any atom is -0.497 e. The van der Waals surface area contributed by atoms with E-state index in [0.717, 1.165) is 26.7 Å².